The molecule has 2 aliphatic heterocycles. The Morgan fingerprint density at radius 3 is 2.87 bits per heavy atom. The fraction of sp³-hybridized carbons (Fsp3) is 0.474. The first-order valence-electron chi connectivity index (χ1n) is 8.37. The van der Waals surface area contributed by atoms with E-state index in [9.17, 15) is 9.59 Å². The van der Waals surface area contributed by atoms with Crippen LogP contribution in [0.15, 0.2) is 30.3 Å². The number of rotatable bonds is 2. The average Bonchev–Trinajstić information content (AvgIpc) is 2.55. The van der Waals surface area contributed by atoms with Crippen molar-refractivity contribution in [3.05, 3.63) is 41.5 Å². The molecule has 23 heavy (non-hydrogen) atoms. The van der Waals surface area contributed by atoms with Gasteiger partial charge in [0.1, 0.15) is 0 Å². The summed E-state index contributed by atoms with van der Waals surface area (Å²) in [5, 5.41) is 2.92. The first kappa shape index (κ1) is 15.8. The number of nitrogens with one attached hydrogen (secondary N) is 1. The zero-order chi connectivity index (χ0) is 16.4. The molecule has 2 aliphatic rings. The summed E-state index contributed by atoms with van der Waals surface area (Å²) < 4.78 is 0. The van der Waals surface area contributed by atoms with Gasteiger partial charge in [0.15, 0.2) is 0 Å². The van der Waals surface area contributed by atoms with Gasteiger partial charge in [-0.3, -0.25) is 9.59 Å². The number of carbonyl (C=O) groups is 2. The Balaban J connectivity index is 1.72. The molecule has 0 aliphatic carbocycles. The minimum Gasteiger partial charge on any atom is -0.356 e. The van der Waals surface area contributed by atoms with Crippen molar-refractivity contribution in [1.82, 2.24) is 10.2 Å². The third kappa shape index (κ3) is 3.31. The Morgan fingerprint density at radius 2 is 2.09 bits per heavy atom. The SMILES string of the molecule is C/C(=C\C(=O)N1CC[C@@H]2CCNC(=O)[C@@H]2C1)c1ccccc1C. The molecule has 2 heterocycles. The first-order chi connectivity index (χ1) is 11.1. The molecule has 0 spiro atoms. The highest BCUT2D eigenvalue weighted by atomic mass is 16.2. The summed E-state index contributed by atoms with van der Waals surface area (Å²) in [7, 11) is 0. The van der Waals surface area contributed by atoms with Crippen molar-refractivity contribution in [3.63, 3.8) is 0 Å². The van der Waals surface area contributed by atoms with Crippen LogP contribution in [0.5, 0.6) is 0 Å². The Kier molecular flexibility index (Phi) is 4.51. The van der Waals surface area contributed by atoms with E-state index in [2.05, 4.69) is 18.3 Å². The van der Waals surface area contributed by atoms with Gasteiger partial charge >= 0.3 is 0 Å². The van der Waals surface area contributed by atoms with Gasteiger partial charge in [-0.1, -0.05) is 24.3 Å². The third-order valence-electron chi connectivity index (χ3n) is 5.13. The van der Waals surface area contributed by atoms with Crippen LogP contribution in [0.2, 0.25) is 0 Å². The molecular formula is C19H24N2O2. The molecule has 0 radical (unpaired) electrons. The lowest BCUT2D eigenvalue weighted by Gasteiger charge is -2.40. The molecule has 2 atom stereocenters. The van der Waals surface area contributed by atoms with Crippen molar-refractivity contribution in [2.45, 2.75) is 26.7 Å². The number of fused-ring (bicyclic) bond motifs is 1. The van der Waals surface area contributed by atoms with E-state index in [-0.39, 0.29) is 17.7 Å². The molecule has 2 amide bonds. The van der Waals surface area contributed by atoms with Crippen LogP contribution in [0.25, 0.3) is 5.57 Å². The lowest BCUT2D eigenvalue weighted by atomic mass is 9.80. The number of amides is 2. The molecule has 2 saturated heterocycles. The maximum atomic E-state index is 12.6. The Morgan fingerprint density at radius 1 is 1.30 bits per heavy atom. The van der Waals surface area contributed by atoms with Crippen LogP contribution in [0.1, 0.15) is 30.9 Å². The monoisotopic (exact) mass is 312 g/mol. The van der Waals surface area contributed by atoms with Crippen LogP contribution < -0.4 is 5.32 Å². The smallest absolute Gasteiger partial charge is 0.246 e. The van der Waals surface area contributed by atoms with Crippen LogP contribution in [0.3, 0.4) is 0 Å². The molecule has 1 aromatic rings. The van der Waals surface area contributed by atoms with E-state index in [0.29, 0.717) is 12.5 Å². The second-order valence-electron chi connectivity index (χ2n) is 6.66. The number of likely N-dealkylation sites (tertiary alicyclic amines) is 1. The zero-order valence-corrected chi connectivity index (χ0v) is 13.8. The maximum Gasteiger partial charge on any atom is 0.246 e. The molecule has 0 saturated carbocycles. The Bertz CT molecular complexity index is 651. The van der Waals surface area contributed by atoms with Crippen LogP contribution >= 0.6 is 0 Å². The second-order valence-corrected chi connectivity index (χ2v) is 6.66. The van der Waals surface area contributed by atoms with Crippen LogP contribution in [-0.4, -0.2) is 36.3 Å². The predicted octanol–water partition coefficient (Wildman–Crippen LogP) is 2.38. The van der Waals surface area contributed by atoms with Gasteiger partial charge in [0.25, 0.3) is 0 Å². The third-order valence-corrected chi connectivity index (χ3v) is 5.13. The number of hydrogen-bond acceptors (Lipinski definition) is 2. The van der Waals surface area contributed by atoms with Gasteiger partial charge in [0.2, 0.25) is 11.8 Å². The lowest BCUT2D eigenvalue weighted by molar-refractivity contribution is -0.136. The van der Waals surface area contributed by atoms with Gasteiger partial charge in [0, 0.05) is 25.7 Å². The summed E-state index contributed by atoms with van der Waals surface area (Å²) in [6.07, 6.45) is 3.68. The first-order valence-corrected chi connectivity index (χ1v) is 8.37. The quantitative estimate of drug-likeness (QED) is 0.853. The van der Waals surface area contributed by atoms with E-state index in [1.165, 1.54) is 5.56 Å². The fourth-order valence-corrected chi connectivity index (χ4v) is 3.72. The van der Waals surface area contributed by atoms with E-state index in [1.807, 2.05) is 30.0 Å². The number of aryl methyl sites for hydroxylation is 1. The highest BCUT2D eigenvalue weighted by molar-refractivity contribution is 5.95. The van der Waals surface area contributed by atoms with E-state index >= 15 is 0 Å². The molecule has 122 valence electrons. The number of hydrogen-bond donors (Lipinski definition) is 1. The summed E-state index contributed by atoms with van der Waals surface area (Å²) in [4.78, 5) is 26.4. The van der Waals surface area contributed by atoms with Crippen molar-refractivity contribution < 1.29 is 9.59 Å². The van der Waals surface area contributed by atoms with Crippen molar-refractivity contribution in [2.75, 3.05) is 19.6 Å². The molecule has 4 heteroatoms. The molecular weight excluding hydrogens is 288 g/mol. The molecule has 1 aromatic carbocycles. The summed E-state index contributed by atoms with van der Waals surface area (Å²) in [6.45, 7) is 6.10. The number of carbonyl (C=O) groups excluding carboxylic acids is 2. The maximum absolute atomic E-state index is 12.6. The molecule has 4 nitrogen and oxygen atoms in total. The zero-order valence-electron chi connectivity index (χ0n) is 13.8. The number of piperidine rings is 2. The van der Waals surface area contributed by atoms with E-state index in [4.69, 9.17) is 0 Å². The van der Waals surface area contributed by atoms with Gasteiger partial charge in [-0.2, -0.15) is 0 Å². The summed E-state index contributed by atoms with van der Waals surface area (Å²) in [5.74, 6) is 0.531. The normalized spacial score (nSPS) is 24.9. The number of allylic oxidation sites excluding steroid dienone is 1. The fourth-order valence-electron chi connectivity index (χ4n) is 3.72. The van der Waals surface area contributed by atoms with Crippen LogP contribution in [-0.2, 0) is 9.59 Å². The van der Waals surface area contributed by atoms with Gasteiger partial charge in [0.05, 0.1) is 5.92 Å². The Labute approximate surface area is 137 Å². The highest BCUT2D eigenvalue weighted by Crippen LogP contribution is 2.29. The minimum atomic E-state index is -0.0337. The van der Waals surface area contributed by atoms with Crippen molar-refractivity contribution in [1.29, 1.82) is 0 Å². The summed E-state index contributed by atoms with van der Waals surface area (Å²) in [6, 6.07) is 8.08. The van der Waals surface area contributed by atoms with Gasteiger partial charge in [-0.05, 0) is 49.3 Å². The molecule has 2 fully saturated rings. The predicted molar refractivity (Wildman–Crippen MR) is 90.6 cm³/mol. The van der Waals surface area contributed by atoms with Crippen molar-refractivity contribution in [2.24, 2.45) is 11.8 Å². The summed E-state index contributed by atoms with van der Waals surface area (Å²) >= 11 is 0. The standard InChI is InChI=1S/C19H24N2O2/c1-13-5-3-4-6-16(13)14(2)11-18(22)21-10-8-15-7-9-20-19(23)17(15)12-21/h3-6,11,15,17H,7-10,12H2,1-2H3,(H,20,23)/b14-11+/t15-,17+/m0/s1. The lowest BCUT2D eigenvalue weighted by Crippen LogP contribution is -2.52. The van der Waals surface area contributed by atoms with E-state index < -0.39 is 0 Å². The Hall–Kier alpha value is -2.10. The number of benzene rings is 1. The average molecular weight is 312 g/mol. The summed E-state index contributed by atoms with van der Waals surface area (Å²) in [5.41, 5.74) is 3.24. The van der Waals surface area contributed by atoms with Crippen molar-refractivity contribution >= 4 is 17.4 Å². The molecule has 0 unspecified atom stereocenters. The topological polar surface area (TPSA) is 49.4 Å². The van der Waals surface area contributed by atoms with Gasteiger partial charge < -0.3 is 10.2 Å². The van der Waals surface area contributed by atoms with E-state index in [0.717, 1.165) is 37.1 Å². The largest absolute Gasteiger partial charge is 0.356 e. The minimum absolute atomic E-state index is 0.0163. The van der Waals surface area contributed by atoms with Gasteiger partial charge in [-0.25, -0.2) is 0 Å². The molecule has 1 N–H and O–H groups in total. The highest BCUT2D eigenvalue weighted by Gasteiger charge is 2.37. The van der Waals surface area contributed by atoms with Gasteiger partial charge in [-0.15, -0.1) is 0 Å². The number of nitrogens with zero attached hydrogens (tertiary/aromatic N) is 1. The van der Waals surface area contributed by atoms with Crippen molar-refractivity contribution in [3.8, 4) is 0 Å². The molecule has 0 aromatic heterocycles. The molecule has 3 rings (SSSR count). The second kappa shape index (κ2) is 6.57. The van der Waals surface area contributed by atoms with Crippen LogP contribution in [0, 0.1) is 18.8 Å². The van der Waals surface area contributed by atoms with Crippen LogP contribution in [0.4, 0.5) is 0 Å². The molecule has 0 bridgehead atoms. The van der Waals surface area contributed by atoms with E-state index in [1.54, 1.807) is 6.08 Å².